The monoisotopic (exact) mass is 413 g/mol. The van der Waals surface area contributed by atoms with Crippen molar-refractivity contribution in [3.8, 4) is 17.2 Å². The summed E-state index contributed by atoms with van der Waals surface area (Å²) in [6.07, 6.45) is 0. The number of halogens is 3. The van der Waals surface area contributed by atoms with Gasteiger partial charge in [-0.1, -0.05) is 23.7 Å². The molecule has 0 aliphatic rings. The fraction of sp³-hybridized carbons (Fsp3) is 0.316. The maximum Gasteiger partial charge on any atom is 0.387 e. The highest BCUT2D eigenvalue weighted by Gasteiger charge is 2.11. The van der Waals surface area contributed by atoms with Gasteiger partial charge in [-0.2, -0.15) is 8.78 Å². The van der Waals surface area contributed by atoms with Gasteiger partial charge in [-0.05, 0) is 31.2 Å². The van der Waals surface area contributed by atoms with Crippen LogP contribution < -0.4 is 20.1 Å². The predicted molar refractivity (Wildman–Crippen MR) is 104 cm³/mol. The first-order chi connectivity index (χ1) is 13.4. The van der Waals surface area contributed by atoms with Crippen LogP contribution in [0.25, 0.3) is 0 Å². The molecule has 0 aliphatic heterocycles. The minimum atomic E-state index is -2.94. The third-order valence-corrected chi connectivity index (χ3v) is 3.97. The molecule has 0 radical (unpaired) electrons. The van der Waals surface area contributed by atoms with E-state index in [1.807, 2.05) is 6.92 Å². The summed E-state index contributed by atoms with van der Waals surface area (Å²) in [6, 6.07) is 9.55. The number of benzene rings is 2. The van der Waals surface area contributed by atoms with E-state index < -0.39 is 6.61 Å². The fourth-order valence-corrected chi connectivity index (χ4v) is 2.64. The second-order valence-electron chi connectivity index (χ2n) is 5.65. The van der Waals surface area contributed by atoms with Crippen molar-refractivity contribution in [2.75, 3.05) is 13.7 Å². The van der Waals surface area contributed by atoms with E-state index in [4.69, 9.17) is 16.3 Å². The molecule has 152 valence electrons. The van der Waals surface area contributed by atoms with E-state index in [1.54, 1.807) is 18.2 Å². The van der Waals surface area contributed by atoms with Gasteiger partial charge in [0.25, 0.3) is 0 Å². The SMILES string of the molecule is CCNC(=NCc1cc(Cl)ccc1OC(F)F)NCc1cccc(OC)c1O. The van der Waals surface area contributed by atoms with Crippen LogP contribution in [0.3, 0.4) is 0 Å². The number of para-hydroxylation sites is 1. The van der Waals surface area contributed by atoms with E-state index in [-0.39, 0.29) is 24.6 Å². The van der Waals surface area contributed by atoms with E-state index in [0.29, 0.717) is 34.4 Å². The van der Waals surface area contributed by atoms with Gasteiger partial charge >= 0.3 is 6.61 Å². The Morgan fingerprint density at radius 1 is 1.18 bits per heavy atom. The molecular formula is C19H22ClF2N3O3. The van der Waals surface area contributed by atoms with Crippen LogP contribution in [0.1, 0.15) is 18.1 Å². The van der Waals surface area contributed by atoms with Gasteiger partial charge in [0.05, 0.1) is 13.7 Å². The minimum absolute atomic E-state index is 0.0180. The lowest BCUT2D eigenvalue weighted by molar-refractivity contribution is -0.0504. The van der Waals surface area contributed by atoms with Crippen molar-refractivity contribution in [1.29, 1.82) is 0 Å². The van der Waals surface area contributed by atoms with Crippen LogP contribution in [0.5, 0.6) is 17.2 Å². The molecule has 0 saturated carbocycles. The average molecular weight is 414 g/mol. The number of hydrogen-bond donors (Lipinski definition) is 3. The molecular weight excluding hydrogens is 392 g/mol. The molecule has 0 bridgehead atoms. The first-order valence-electron chi connectivity index (χ1n) is 8.54. The summed E-state index contributed by atoms with van der Waals surface area (Å²) in [7, 11) is 1.47. The van der Waals surface area contributed by atoms with Crippen molar-refractivity contribution in [3.63, 3.8) is 0 Å². The minimum Gasteiger partial charge on any atom is -0.504 e. The maximum atomic E-state index is 12.6. The highest BCUT2D eigenvalue weighted by molar-refractivity contribution is 6.30. The van der Waals surface area contributed by atoms with Crippen molar-refractivity contribution in [3.05, 3.63) is 52.5 Å². The second-order valence-corrected chi connectivity index (χ2v) is 6.08. The Morgan fingerprint density at radius 3 is 2.64 bits per heavy atom. The van der Waals surface area contributed by atoms with Crippen molar-refractivity contribution >= 4 is 17.6 Å². The topological polar surface area (TPSA) is 75.1 Å². The van der Waals surface area contributed by atoms with Crippen LogP contribution in [0.2, 0.25) is 5.02 Å². The van der Waals surface area contributed by atoms with E-state index in [2.05, 4.69) is 20.4 Å². The number of nitrogens with one attached hydrogen (secondary N) is 2. The number of alkyl halides is 2. The average Bonchev–Trinajstić information content (AvgIpc) is 2.66. The lowest BCUT2D eigenvalue weighted by Crippen LogP contribution is -2.36. The first-order valence-corrected chi connectivity index (χ1v) is 8.92. The summed E-state index contributed by atoms with van der Waals surface area (Å²) >= 11 is 5.95. The second kappa shape index (κ2) is 10.6. The molecule has 0 heterocycles. The zero-order valence-corrected chi connectivity index (χ0v) is 16.3. The Hall–Kier alpha value is -2.74. The molecule has 0 aromatic heterocycles. The summed E-state index contributed by atoms with van der Waals surface area (Å²) < 4.78 is 34.8. The van der Waals surface area contributed by atoms with Gasteiger partial charge in [0, 0.05) is 29.2 Å². The normalized spacial score (nSPS) is 11.4. The van der Waals surface area contributed by atoms with Gasteiger partial charge in [-0.15, -0.1) is 0 Å². The molecule has 6 nitrogen and oxygen atoms in total. The Kier molecular flexibility index (Phi) is 8.13. The summed E-state index contributed by atoms with van der Waals surface area (Å²) in [6.45, 7) is -0.102. The Labute approximate surface area is 167 Å². The number of phenolic OH excluding ortho intramolecular Hbond substituents is 1. The number of methoxy groups -OCH3 is 1. The predicted octanol–water partition coefficient (Wildman–Crippen LogP) is 3.91. The van der Waals surface area contributed by atoms with Gasteiger partial charge in [-0.25, -0.2) is 4.99 Å². The zero-order valence-electron chi connectivity index (χ0n) is 15.5. The third kappa shape index (κ3) is 6.16. The third-order valence-electron chi connectivity index (χ3n) is 3.74. The lowest BCUT2D eigenvalue weighted by atomic mass is 10.2. The largest absolute Gasteiger partial charge is 0.504 e. The van der Waals surface area contributed by atoms with Crippen molar-refractivity contribution < 1.29 is 23.4 Å². The molecule has 0 aliphatic carbocycles. The fourth-order valence-electron chi connectivity index (χ4n) is 2.44. The smallest absolute Gasteiger partial charge is 0.387 e. The van der Waals surface area contributed by atoms with E-state index in [1.165, 1.54) is 25.3 Å². The molecule has 2 aromatic rings. The quantitative estimate of drug-likeness (QED) is 0.452. The summed E-state index contributed by atoms with van der Waals surface area (Å²) in [5.41, 5.74) is 1.05. The number of ether oxygens (including phenoxy) is 2. The van der Waals surface area contributed by atoms with Gasteiger partial charge < -0.3 is 25.2 Å². The van der Waals surface area contributed by atoms with Gasteiger partial charge in [0.15, 0.2) is 17.5 Å². The Bertz CT molecular complexity index is 819. The summed E-state index contributed by atoms with van der Waals surface area (Å²) in [5.74, 6) is 0.863. The number of aliphatic imine (C=N–C) groups is 1. The number of rotatable bonds is 8. The number of nitrogens with zero attached hydrogens (tertiary/aromatic N) is 1. The molecule has 0 saturated heterocycles. The van der Waals surface area contributed by atoms with Crippen LogP contribution in [0.15, 0.2) is 41.4 Å². The molecule has 0 amide bonds. The first kappa shape index (κ1) is 21.6. The number of guanidine groups is 1. The van der Waals surface area contributed by atoms with Crippen LogP contribution in [-0.2, 0) is 13.1 Å². The van der Waals surface area contributed by atoms with Crippen molar-refractivity contribution in [1.82, 2.24) is 10.6 Å². The van der Waals surface area contributed by atoms with Gasteiger partial charge in [0.1, 0.15) is 5.75 Å². The van der Waals surface area contributed by atoms with E-state index >= 15 is 0 Å². The maximum absolute atomic E-state index is 12.6. The van der Waals surface area contributed by atoms with Crippen molar-refractivity contribution in [2.45, 2.75) is 26.6 Å². The molecule has 2 rings (SSSR count). The lowest BCUT2D eigenvalue weighted by Gasteiger charge is -2.14. The molecule has 28 heavy (non-hydrogen) atoms. The molecule has 0 fully saturated rings. The highest BCUT2D eigenvalue weighted by atomic mass is 35.5. The summed E-state index contributed by atoms with van der Waals surface area (Å²) in [5, 5.41) is 16.7. The number of phenols is 1. The van der Waals surface area contributed by atoms with Crippen LogP contribution >= 0.6 is 11.6 Å². The van der Waals surface area contributed by atoms with Crippen LogP contribution in [0.4, 0.5) is 8.78 Å². The molecule has 9 heteroatoms. The molecule has 0 spiro atoms. The standard InChI is InChI=1S/C19H22ClF2N3O3/c1-3-23-19(24-10-12-5-4-6-16(27-2)17(12)26)25-11-13-9-14(20)7-8-15(13)28-18(21)22/h4-9,18,26H,3,10-11H2,1-2H3,(H2,23,24,25). The zero-order chi connectivity index (χ0) is 20.5. The van der Waals surface area contributed by atoms with Crippen molar-refractivity contribution in [2.24, 2.45) is 4.99 Å². The van der Waals surface area contributed by atoms with Crippen LogP contribution in [0, 0.1) is 0 Å². The summed E-state index contributed by atoms with van der Waals surface area (Å²) in [4.78, 5) is 4.38. The Balaban J connectivity index is 2.14. The van der Waals surface area contributed by atoms with E-state index in [0.717, 1.165) is 0 Å². The molecule has 0 unspecified atom stereocenters. The highest BCUT2D eigenvalue weighted by Crippen LogP contribution is 2.29. The molecule has 0 atom stereocenters. The van der Waals surface area contributed by atoms with Gasteiger partial charge in [0.2, 0.25) is 0 Å². The molecule has 3 N–H and O–H groups in total. The van der Waals surface area contributed by atoms with Crippen LogP contribution in [-0.4, -0.2) is 31.3 Å². The van der Waals surface area contributed by atoms with Gasteiger partial charge in [-0.3, -0.25) is 0 Å². The molecule has 2 aromatic carbocycles. The van der Waals surface area contributed by atoms with E-state index in [9.17, 15) is 13.9 Å². The number of hydrogen-bond acceptors (Lipinski definition) is 4. The Morgan fingerprint density at radius 2 is 1.96 bits per heavy atom. The number of aromatic hydroxyl groups is 1.